The molecule has 2 aromatic rings. The standard InChI is InChI=1S/C15H13F3N2O3S/c1-8(11(21)6-13(22)23)9-2-4-10(5-3-9)19-14-20-12(7-24-14)15(16,17)18/h2-5,7-8H,6H2,1H3,(H,19,20)(H,22,23). The van der Waals surface area contributed by atoms with Crippen LogP contribution in [0.1, 0.15) is 30.5 Å². The Labute approximate surface area is 139 Å². The zero-order valence-electron chi connectivity index (χ0n) is 12.4. The number of rotatable bonds is 6. The number of hydrogen-bond donors (Lipinski definition) is 2. The highest BCUT2D eigenvalue weighted by molar-refractivity contribution is 7.13. The fourth-order valence-corrected chi connectivity index (χ4v) is 2.67. The third-order valence-electron chi connectivity index (χ3n) is 3.26. The molecular formula is C15H13F3N2O3S. The van der Waals surface area contributed by atoms with Crippen molar-refractivity contribution in [3.05, 3.63) is 40.9 Å². The Morgan fingerprint density at radius 2 is 1.92 bits per heavy atom. The minimum atomic E-state index is -4.49. The Kier molecular flexibility index (Phi) is 5.23. The monoisotopic (exact) mass is 358 g/mol. The number of nitrogens with zero attached hydrogens (tertiary/aromatic N) is 1. The Hall–Kier alpha value is -2.42. The zero-order chi connectivity index (χ0) is 17.9. The van der Waals surface area contributed by atoms with Crippen molar-refractivity contribution in [2.75, 3.05) is 5.32 Å². The lowest BCUT2D eigenvalue weighted by Crippen LogP contribution is -2.13. The predicted molar refractivity (Wildman–Crippen MR) is 82.5 cm³/mol. The average molecular weight is 358 g/mol. The number of alkyl halides is 3. The first-order chi connectivity index (χ1) is 11.2. The van der Waals surface area contributed by atoms with Gasteiger partial charge in [-0.25, -0.2) is 4.98 Å². The molecule has 0 aliphatic heterocycles. The second-order valence-electron chi connectivity index (χ2n) is 5.04. The maximum absolute atomic E-state index is 12.5. The van der Waals surface area contributed by atoms with E-state index in [0.29, 0.717) is 11.3 Å². The average Bonchev–Trinajstić information content (AvgIpc) is 2.95. The summed E-state index contributed by atoms with van der Waals surface area (Å²) in [7, 11) is 0. The van der Waals surface area contributed by atoms with Gasteiger partial charge < -0.3 is 10.4 Å². The lowest BCUT2D eigenvalue weighted by molar-refractivity contribution is -0.141. The number of hydrogen-bond acceptors (Lipinski definition) is 5. The molecule has 1 heterocycles. The van der Waals surface area contributed by atoms with Crippen LogP contribution in [0.15, 0.2) is 29.6 Å². The summed E-state index contributed by atoms with van der Waals surface area (Å²) < 4.78 is 37.5. The first kappa shape index (κ1) is 17.9. The Morgan fingerprint density at radius 1 is 1.29 bits per heavy atom. The van der Waals surface area contributed by atoms with Crippen LogP contribution in [-0.2, 0) is 15.8 Å². The van der Waals surface area contributed by atoms with Gasteiger partial charge in [-0.2, -0.15) is 13.2 Å². The molecule has 5 nitrogen and oxygen atoms in total. The van der Waals surface area contributed by atoms with Crippen LogP contribution in [0.3, 0.4) is 0 Å². The molecule has 1 aromatic heterocycles. The minimum absolute atomic E-state index is 0.102. The molecular weight excluding hydrogens is 345 g/mol. The van der Waals surface area contributed by atoms with Gasteiger partial charge in [0.05, 0.1) is 0 Å². The molecule has 2 rings (SSSR count). The van der Waals surface area contributed by atoms with Crippen LogP contribution in [0.2, 0.25) is 0 Å². The largest absolute Gasteiger partial charge is 0.481 e. The predicted octanol–water partition coefficient (Wildman–Crippen LogP) is 4.05. The first-order valence-electron chi connectivity index (χ1n) is 6.81. The molecule has 0 radical (unpaired) electrons. The molecule has 0 bridgehead atoms. The number of benzene rings is 1. The van der Waals surface area contributed by atoms with Crippen molar-refractivity contribution in [2.45, 2.75) is 25.4 Å². The van der Waals surface area contributed by atoms with Crippen molar-refractivity contribution < 1.29 is 27.9 Å². The van der Waals surface area contributed by atoms with Crippen molar-refractivity contribution in [2.24, 2.45) is 0 Å². The fourth-order valence-electron chi connectivity index (χ4n) is 1.93. The lowest BCUT2D eigenvalue weighted by Gasteiger charge is -2.10. The number of anilines is 2. The number of ketones is 1. The second kappa shape index (κ2) is 7.00. The van der Waals surface area contributed by atoms with E-state index in [4.69, 9.17) is 5.11 Å². The van der Waals surface area contributed by atoms with E-state index < -0.39 is 36.0 Å². The lowest BCUT2D eigenvalue weighted by atomic mass is 9.95. The van der Waals surface area contributed by atoms with Gasteiger partial charge >= 0.3 is 12.1 Å². The van der Waals surface area contributed by atoms with Crippen LogP contribution < -0.4 is 5.32 Å². The second-order valence-corrected chi connectivity index (χ2v) is 5.90. The molecule has 24 heavy (non-hydrogen) atoms. The number of aliphatic carboxylic acids is 1. The van der Waals surface area contributed by atoms with Crippen LogP contribution >= 0.6 is 11.3 Å². The summed E-state index contributed by atoms with van der Waals surface area (Å²) in [6.07, 6.45) is -5.04. The van der Waals surface area contributed by atoms with Crippen LogP contribution in [-0.4, -0.2) is 21.8 Å². The van der Waals surface area contributed by atoms with Crippen LogP contribution in [0.4, 0.5) is 24.0 Å². The Balaban J connectivity index is 2.05. The molecule has 1 unspecified atom stereocenters. The van der Waals surface area contributed by atoms with Gasteiger partial charge in [0.15, 0.2) is 16.6 Å². The number of carbonyl (C=O) groups is 2. The molecule has 0 amide bonds. The van der Waals surface area contributed by atoms with Gasteiger partial charge in [0.25, 0.3) is 0 Å². The van der Waals surface area contributed by atoms with Crippen molar-refractivity contribution in [1.29, 1.82) is 0 Å². The summed E-state index contributed by atoms with van der Waals surface area (Å²) in [5, 5.41) is 12.4. The molecule has 128 valence electrons. The van der Waals surface area contributed by atoms with E-state index in [-0.39, 0.29) is 5.13 Å². The zero-order valence-corrected chi connectivity index (χ0v) is 13.2. The third-order valence-corrected chi connectivity index (χ3v) is 4.02. The molecule has 0 aliphatic carbocycles. The molecule has 9 heteroatoms. The summed E-state index contributed by atoms with van der Waals surface area (Å²) >= 11 is 0.832. The summed E-state index contributed by atoms with van der Waals surface area (Å²) in [5.41, 5.74) is 0.182. The SMILES string of the molecule is CC(C(=O)CC(=O)O)c1ccc(Nc2nc(C(F)(F)F)cs2)cc1. The van der Waals surface area contributed by atoms with Gasteiger partial charge in [-0.3, -0.25) is 9.59 Å². The highest BCUT2D eigenvalue weighted by atomic mass is 32.1. The molecule has 0 fully saturated rings. The number of aromatic nitrogens is 1. The van der Waals surface area contributed by atoms with Crippen LogP contribution in [0.25, 0.3) is 0 Å². The summed E-state index contributed by atoms with van der Waals surface area (Å²) in [5.74, 6) is -2.18. The number of nitrogens with one attached hydrogen (secondary N) is 1. The normalized spacial score (nSPS) is 12.7. The van der Waals surface area contributed by atoms with Crippen molar-refractivity contribution in [3.8, 4) is 0 Å². The number of Topliss-reactive ketones (excluding diaryl/α,β-unsaturated/α-hetero) is 1. The quantitative estimate of drug-likeness (QED) is 0.762. The Morgan fingerprint density at radius 3 is 2.42 bits per heavy atom. The van der Waals surface area contributed by atoms with Crippen LogP contribution in [0, 0.1) is 0 Å². The summed E-state index contributed by atoms with van der Waals surface area (Å²) in [4.78, 5) is 25.7. The van der Waals surface area contributed by atoms with Crippen molar-refractivity contribution in [3.63, 3.8) is 0 Å². The molecule has 1 atom stereocenters. The van der Waals surface area contributed by atoms with Gasteiger partial charge in [-0.15, -0.1) is 11.3 Å². The molecule has 0 saturated heterocycles. The van der Waals surface area contributed by atoms with Gasteiger partial charge in [0.1, 0.15) is 6.42 Å². The number of carboxylic acid groups (broad SMARTS) is 1. The van der Waals surface area contributed by atoms with Crippen molar-refractivity contribution >= 4 is 33.9 Å². The number of halogens is 3. The highest BCUT2D eigenvalue weighted by Crippen LogP contribution is 2.32. The molecule has 2 N–H and O–H groups in total. The van der Waals surface area contributed by atoms with E-state index in [1.54, 1.807) is 31.2 Å². The van der Waals surface area contributed by atoms with E-state index in [0.717, 1.165) is 16.7 Å². The molecule has 0 saturated carbocycles. The van der Waals surface area contributed by atoms with E-state index in [2.05, 4.69) is 10.3 Å². The van der Waals surface area contributed by atoms with E-state index >= 15 is 0 Å². The first-order valence-corrected chi connectivity index (χ1v) is 7.69. The molecule has 0 spiro atoms. The number of carbonyl (C=O) groups excluding carboxylic acids is 1. The minimum Gasteiger partial charge on any atom is -0.481 e. The number of carboxylic acids is 1. The van der Waals surface area contributed by atoms with Crippen molar-refractivity contribution in [1.82, 2.24) is 4.98 Å². The molecule has 1 aromatic carbocycles. The van der Waals surface area contributed by atoms with E-state index in [1.165, 1.54) is 0 Å². The van der Waals surface area contributed by atoms with Crippen LogP contribution in [0.5, 0.6) is 0 Å². The summed E-state index contributed by atoms with van der Waals surface area (Å²) in [6.45, 7) is 1.60. The smallest absolute Gasteiger partial charge is 0.434 e. The van der Waals surface area contributed by atoms with Gasteiger partial charge in [-0.05, 0) is 17.7 Å². The maximum atomic E-state index is 12.5. The van der Waals surface area contributed by atoms with Gasteiger partial charge in [0, 0.05) is 17.0 Å². The van der Waals surface area contributed by atoms with Gasteiger partial charge in [-0.1, -0.05) is 19.1 Å². The fraction of sp³-hybridized carbons (Fsp3) is 0.267. The number of thiazole rings is 1. The topological polar surface area (TPSA) is 79.3 Å². The van der Waals surface area contributed by atoms with E-state index in [9.17, 15) is 22.8 Å². The maximum Gasteiger partial charge on any atom is 0.434 e. The third kappa shape index (κ3) is 4.54. The van der Waals surface area contributed by atoms with E-state index in [1.807, 2.05) is 0 Å². The highest BCUT2D eigenvalue weighted by Gasteiger charge is 2.33. The van der Waals surface area contributed by atoms with Gasteiger partial charge in [0.2, 0.25) is 0 Å². The summed E-state index contributed by atoms with van der Waals surface area (Å²) in [6, 6.07) is 6.42. The molecule has 0 aliphatic rings. The Bertz CT molecular complexity index is 741.